The van der Waals surface area contributed by atoms with Crippen molar-refractivity contribution in [1.29, 1.82) is 0 Å². The van der Waals surface area contributed by atoms with E-state index in [0.717, 1.165) is 0 Å². The normalized spacial score (nSPS) is 36.3. The number of carbonyl (C=O) groups excluding carboxylic acids is 2. The molecule has 0 amide bonds. The van der Waals surface area contributed by atoms with E-state index in [2.05, 4.69) is 13.2 Å². The van der Waals surface area contributed by atoms with Crippen LogP contribution in [0.4, 0.5) is 0 Å². The zero-order valence-corrected chi connectivity index (χ0v) is 17.2. The highest BCUT2D eigenvalue weighted by Crippen LogP contribution is 2.52. The van der Waals surface area contributed by atoms with Gasteiger partial charge in [-0.15, -0.1) is 13.2 Å². The van der Waals surface area contributed by atoms with Gasteiger partial charge in [0.05, 0.1) is 39.0 Å². The SMILES string of the molecule is C=C[C@H]1OCC2=C(C(=O)OC)C[C@](C(=O)OC)(C3=C[C@@H](O)[C@@H](C=C)OC3)C[C@H]2[C@H]1O. The van der Waals surface area contributed by atoms with Crippen LogP contribution in [0.25, 0.3) is 0 Å². The maximum atomic E-state index is 13.1. The Morgan fingerprint density at radius 2 is 1.80 bits per heavy atom. The Hall–Kier alpha value is -2.26. The van der Waals surface area contributed by atoms with Crippen molar-refractivity contribution < 1.29 is 38.7 Å². The maximum absolute atomic E-state index is 13.1. The van der Waals surface area contributed by atoms with Gasteiger partial charge in [-0.05, 0) is 24.0 Å². The zero-order valence-electron chi connectivity index (χ0n) is 17.2. The van der Waals surface area contributed by atoms with E-state index in [1.807, 2.05) is 0 Å². The molecule has 0 aromatic heterocycles. The van der Waals surface area contributed by atoms with Crippen molar-refractivity contribution in [3.8, 4) is 0 Å². The second-order valence-electron chi connectivity index (χ2n) is 7.75. The molecule has 3 aliphatic rings. The molecule has 2 aliphatic heterocycles. The summed E-state index contributed by atoms with van der Waals surface area (Å²) in [7, 11) is 2.52. The molecule has 1 saturated heterocycles. The summed E-state index contributed by atoms with van der Waals surface area (Å²) in [4.78, 5) is 25.7. The quantitative estimate of drug-likeness (QED) is 0.497. The van der Waals surface area contributed by atoms with Crippen LogP contribution in [0.2, 0.25) is 0 Å². The number of fused-ring (bicyclic) bond motifs is 1. The lowest BCUT2D eigenvalue weighted by Gasteiger charge is -2.47. The summed E-state index contributed by atoms with van der Waals surface area (Å²) < 4.78 is 21.4. The van der Waals surface area contributed by atoms with E-state index >= 15 is 0 Å². The number of ether oxygens (including phenoxy) is 4. The number of aliphatic hydroxyl groups excluding tert-OH is 2. The van der Waals surface area contributed by atoms with E-state index in [9.17, 15) is 19.8 Å². The summed E-state index contributed by atoms with van der Waals surface area (Å²) in [6.07, 6.45) is 1.46. The van der Waals surface area contributed by atoms with E-state index in [1.54, 1.807) is 6.08 Å². The van der Waals surface area contributed by atoms with Gasteiger partial charge in [-0.3, -0.25) is 4.79 Å². The zero-order chi connectivity index (χ0) is 22.1. The van der Waals surface area contributed by atoms with Gasteiger partial charge >= 0.3 is 11.9 Å². The molecule has 3 rings (SSSR count). The van der Waals surface area contributed by atoms with E-state index in [4.69, 9.17) is 18.9 Å². The molecule has 0 bridgehead atoms. The summed E-state index contributed by atoms with van der Waals surface area (Å²) in [5.74, 6) is -1.73. The van der Waals surface area contributed by atoms with Crippen molar-refractivity contribution in [3.05, 3.63) is 48.1 Å². The molecule has 0 aromatic rings. The topological polar surface area (TPSA) is 112 Å². The highest BCUT2D eigenvalue weighted by Gasteiger charge is 2.54. The van der Waals surface area contributed by atoms with Crippen molar-refractivity contribution in [2.24, 2.45) is 11.3 Å². The summed E-state index contributed by atoms with van der Waals surface area (Å²) in [6.45, 7) is 7.50. The van der Waals surface area contributed by atoms with Crippen LogP contribution < -0.4 is 0 Å². The fourth-order valence-electron chi connectivity index (χ4n) is 4.64. The monoisotopic (exact) mass is 420 g/mol. The number of aliphatic hydroxyl groups is 2. The average molecular weight is 420 g/mol. The third-order valence-electron chi connectivity index (χ3n) is 6.29. The first kappa shape index (κ1) is 22.4. The molecular formula is C22H28O8. The standard InChI is InChI=1S/C22H28O8/c1-5-17-16(23)7-12(10-29-17)22(21(26)28-4)8-13-15(14(9-22)20(25)27-3)11-30-18(6-2)19(13)24/h5-7,13,16-19,23-24H,1-2,8-11H2,3-4H3/t13-,16-,17-,18-,19-,22+/m1/s1. The molecule has 30 heavy (non-hydrogen) atoms. The van der Waals surface area contributed by atoms with Gasteiger partial charge in [0.25, 0.3) is 0 Å². The van der Waals surface area contributed by atoms with Gasteiger partial charge in [0.15, 0.2) is 0 Å². The van der Waals surface area contributed by atoms with Gasteiger partial charge in [0.1, 0.15) is 18.3 Å². The molecule has 6 atom stereocenters. The Labute approximate surface area is 175 Å². The number of methoxy groups -OCH3 is 2. The number of hydrogen-bond acceptors (Lipinski definition) is 8. The molecule has 2 heterocycles. The lowest BCUT2D eigenvalue weighted by Crippen LogP contribution is -2.51. The van der Waals surface area contributed by atoms with Crippen LogP contribution in [0, 0.1) is 11.3 Å². The molecule has 0 spiro atoms. The van der Waals surface area contributed by atoms with Crippen LogP contribution in [-0.4, -0.2) is 74.0 Å². The summed E-state index contributed by atoms with van der Waals surface area (Å²) in [5, 5.41) is 21.3. The Bertz CT molecular complexity index is 797. The van der Waals surface area contributed by atoms with Crippen LogP contribution in [0.1, 0.15) is 12.8 Å². The second kappa shape index (κ2) is 8.85. The van der Waals surface area contributed by atoms with Crippen LogP contribution in [0.3, 0.4) is 0 Å². The van der Waals surface area contributed by atoms with Gasteiger partial charge < -0.3 is 29.2 Å². The van der Waals surface area contributed by atoms with E-state index in [0.29, 0.717) is 11.1 Å². The first-order chi connectivity index (χ1) is 14.3. The van der Waals surface area contributed by atoms with E-state index in [-0.39, 0.29) is 31.6 Å². The highest BCUT2D eigenvalue weighted by atomic mass is 16.5. The second-order valence-corrected chi connectivity index (χ2v) is 7.75. The third kappa shape index (κ3) is 3.65. The van der Waals surface area contributed by atoms with Crippen molar-refractivity contribution in [1.82, 2.24) is 0 Å². The maximum Gasteiger partial charge on any atom is 0.333 e. The van der Waals surface area contributed by atoms with Crippen molar-refractivity contribution >= 4 is 11.9 Å². The first-order valence-corrected chi connectivity index (χ1v) is 9.77. The summed E-state index contributed by atoms with van der Waals surface area (Å²) >= 11 is 0. The molecule has 8 heteroatoms. The summed E-state index contributed by atoms with van der Waals surface area (Å²) in [6, 6.07) is 0. The molecule has 1 fully saturated rings. The Balaban J connectivity index is 2.14. The van der Waals surface area contributed by atoms with Gasteiger partial charge in [-0.1, -0.05) is 18.2 Å². The minimum Gasteiger partial charge on any atom is -0.468 e. The van der Waals surface area contributed by atoms with Gasteiger partial charge in [0, 0.05) is 11.5 Å². The molecule has 1 aliphatic carbocycles. The fourth-order valence-corrected chi connectivity index (χ4v) is 4.64. The highest BCUT2D eigenvalue weighted by molar-refractivity contribution is 5.93. The Morgan fingerprint density at radius 1 is 1.13 bits per heavy atom. The van der Waals surface area contributed by atoms with Crippen LogP contribution in [0.5, 0.6) is 0 Å². The van der Waals surface area contributed by atoms with Crippen molar-refractivity contribution in [3.63, 3.8) is 0 Å². The van der Waals surface area contributed by atoms with Gasteiger partial charge in [0.2, 0.25) is 0 Å². The molecule has 0 radical (unpaired) electrons. The minimum absolute atomic E-state index is 0.00626. The van der Waals surface area contributed by atoms with E-state index in [1.165, 1.54) is 26.4 Å². The lowest BCUT2D eigenvalue weighted by atomic mass is 9.61. The van der Waals surface area contributed by atoms with Crippen LogP contribution in [0.15, 0.2) is 48.1 Å². The minimum atomic E-state index is -1.30. The van der Waals surface area contributed by atoms with Gasteiger partial charge in [-0.25, -0.2) is 4.79 Å². The third-order valence-corrected chi connectivity index (χ3v) is 6.29. The predicted molar refractivity (Wildman–Crippen MR) is 106 cm³/mol. The van der Waals surface area contributed by atoms with Crippen LogP contribution in [-0.2, 0) is 28.5 Å². The molecule has 0 unspecified atom stereocenters. The Kier molecular flexibility index (Phi) is 6.62. The largest absolute Gasteiger partial charge is 0.468 e. The smallest absolute Gasteiger partial charge is 0.333 e. The number of hydrogen-bond donors (Lipinski definition) is 2. The van der Waals surface area contributed by atoms with Crippen molar-refractivity contribution in [2.45, 2.75) is 37.3 Å². The number of carbonyl (C=O) groups is 2. The number of esters is 2. The van der Waals surface area contributed by atoms with Crippen LogP contribution >= 0.6 is 0 Å². The van der Waals surface area contributed by atoms with Crippen molar-refractivity contribution in [2.75, 3.05) is 27.4 Å². The molecule has 8 nitrogen and oxygen atoms in total. The van der Waals surface area contributed by atoms with Gasteiger partial charge in [-0.2, -0.15) is 0 Å². The summed E-state index contributed by atoms with van der Waals surface area (Å²) in [5.41, 5.74) is 0.0638. The lowest BCUT2D eigenvalue weighted by molar-refractivity contribution is -0.155. The average Bonchev–Trinajstić information content (AvgIpc) is 2.77. The fraction of sp³-hybridized carbons (Fsp3) is 0.545. The number of rotatable bonds is 5. The van der Waals surface area contributed by atoms with E-state index < -0.39 is 47.7 Å². The first-order valence-electron chi connectivity index (χ1n) is 9.77. The predicted octanol–water partition coefficient (Wildman–Crippen LogP) is 0.843. The molecule has 0 aromatic carbocycles. The molecule has 0 saturated carbocycles. The molecule has 2 N–H and O–H groups in total. The molecule has 164 valence electrons. The Morgan fingerprint density at radius 3 is 2.37 bits per heavy atom. The molecular weight excluding hydrogens is 392 g/mol.